The predicted molar refractivity (Wildman–Crippen MR) is 90.3 cm³/mol. The highest BCUT2D eigenvalue weighted by Gasteiger charge is 2.13. The van der Waals surface area contributed by atoms with E-state index in [0.29, 0.717) is 27.7 Å². The lowest BCUT2D eigenvalue weighted by molar-refractivity contribution is -0.136. The minimum Gasteiger partial charge on any atom is -0.496 e. The standard InChI is InChI=1S/C17H17ClN2O4/c1-11-12(17(18)20(2)19-11)8-9-16(22)24-10-14(21)13-6-4-5-7-15(13)23-3/h4-9H,10H2,1-3H3/b9-8+. The molecule has 0 spiro atoms. The molecule has 0 aliphatic heterocycles. The highest BCUT2D eigenvalue weighted by Crippen LogP contribution is 2.20. The molecule has 126 valence electrons. The molecular weight excluding hydrogens is 332 g/mol. The molecule has 7 heteroatoms. The number of nitrogens with zero attached hydrogens (tertiary/aromatic N) is 2. The van der Waals surface area contributed by atoms with Gasteiger partial charge in [-0.25, -0.2) is 4.79 Å². The normalized spacial score (nSPS) is 10.8. The lowest BCUT2D eigenvalue weighted by atomic mass is 10.1. The van der Waals surface area contributed by atoms with Gasteiger partial charge in [0.2, 0.25) is 5.78 Å². The van der Waals surface area contributed by atoms with Crippen molar-refractivity contribution in [1.82, 2.24) is 9.78 Å². The van der Waals surface area contributed by atoms with E-state index in [4.69, 9.17) is 21.1 Å². The van der Waals surface area contributed by atoms with Crippen molar-refractivity contribution in [3.8, 4) is 5.75 Å². The van der Waals surface area contributed by atoms with Crippen molar-refractivity contribution in [3.63, 3.8) is 0 Å². The number of hydrogen-bond donors (Lipinski definition) is 0. The molecule has 6 nitrogen and oxygen atoms in total. The van der Waals surface area contributed by atoms with Gasteiger partial charge in [-0.05, 0) is 25.1 Å². The topological polar surface area (TPSA) is 70.4 Å². The number of aromatic nitrogens is 2. The molecule has 0 aliphatic carbocycles. The van der Waals surface area contributed by atoms with Crippen LogP contribution in [-0.2, 0) is 16.6 Å². The average Bonchev–Trinajstić information content (AvgIpc) is 2.83. The molecule has 1 aromatic carbocycles. The largest absolute Gasteiger partial charge is 0.496 e. The fraction of sp³-hybridized carbons (Fsp3) is 0.235. The molecule has 0 unspecified atom stereocenters. The first-order chi connectivity index (χ1) is 11.4. The predicted octanol–water partition coefficient (Wildman–Crippen LogP) is 2.83. The van der Waals surface area contributed by atoms with Gasteiger partial charge < -0.3 is 9.47 Å². The van der Waals surface area contributed by atoms with Crippen LogP contribution in [0.5, 0.6) is 5.75 Å². The number of ketones is 1. The summed E-state index contributed by atoms with van der Waals surface area (Å²) in [6.45, 7) is 1.41. The molecule has 0 N–H and O–H groups in total. The van der Waals surface area contributed by atoms with Crippen molar-refractivity contribution >= 4 is 29.4 Å². The second kappa shape index (κ2) is 7.79. The molecule has 2 aromatic rings. The van der Waals surface area contributed by atoms with E-state index in [9.17, 15) is 9.59 Å². The molecule has 0 amide bonds. The molecule has 0 saturated carbocycles. The summed E-state index contributed by atoms with van der Waals surface area (Å²) in [6.07, 6.45) is 2.73. The highest BCUT2D eigenvalue weighted by molar-refractivity contribution is 6.31. The number of esters is 1. The minimum atomic E-state index is -0.641. The van der Waals surface area contributed by atoms with E-state index < -0.39 is 5.97 Å². The summed E-state index contributed by atoms with van der Waals surface area (Å²) in [5, 5.41) is 4.55. The third-order valence-electron chi connectivity index (χ3n) is 3.34. The van der Waals surface area contributed by atoms with Gasteiger partial charge in [0.1, 0.15) is 10.9 Å². The number of Topliss-reactive ketones (excluding diaryl/α,β-unsaturated/α-hetero) is 1. The van der Waals surface area contributed by atoms with E-state index in [0.717, 1.165) is 0 Å². The number of carbonyl (C=O) groups is 2. The zero-order valence-electron chi connectivity index (χ0n) is 13.6. The first kappa shape index (κ1) is 17.7. The van der Waals surface area contributed by atoms with Crippen molar-refractivity contribution in [1.29, 1.82) is 0 Å². The van der Waals surface area contributed by atoms with Gasteiger partial charge in [0.05, 0.1) is 18.4 Å². The number of benzene rings is 1. The Hall–Kier alpha value is -2.60. The molecule has 1 aromatic heterocycles. The third-order valence-corrected chi connectivity index (χ3v) is 3.78. The van der Waals surface area contributed by atoms with E-state index in [1.807, 2.05) is 0 Å². The number of ether oxygens (including phenoxy) is 2. The number of carbonyl (C=O) groups excluding carboxylic acids is 2. The number of aryl methyl sites for hydroxylation is 2. The molecule has 0 atom stereocenters. The van der Waals surface area contributed by atoms with Gasteiger partial charge >= 0.3 is 5.97 Å². The summed E-state index contributed by atoms with van der Waals surface area (Å²) < 4.78 is 11.6. The molecule has 0 bridgehead atoms. The van der Waals surface area contributed by atoms with Crippen LogP contribution in [0.4, 0.5) is 0 Å². The van der Waals surface area contributed by atoms with Crippen LogP contribution in [0.3, 0.4) is 0 Å². The summed E-state index contributed by atoms with van der Waals surface area (Å²) in [6, 6.07) is 6.75. The lowest BCUT2D eigenvalue weighted by Gasteiger charge is -2.07. The summed E-state index contributed by atoms with van der Waals surface area (Å²) >= 11 is 6.07. The molecule has 2 rings (SSSR count). The van der Waals surface area contributed by atoms with E-state index in [2.05, 4.69) is 5.10 Å². The van der Waals surface area contributed by atoms with Gasteiger partial charge in [-0.2, -0.15) is 5.10 Å². The minimum absolute atomic E-state index is 0.343. The van der Waals surface area contributed by atoms with Crippen LogP contribution in [0, 0.1) is 6.92 Å². The first-order valence-electron chi connectivity index (χ1n) is 7.14. The Balaban J connectivity index is 1.98. The van der Waals surface area contributed by atoms with Crippen molar-refractivity contribution in [3.05, 3.63) is 52.3 Å². The summed E-state index contributed by atoms with van der Waals surface area (Å²) in [5.74, 6) is -0.547. The van der Waals surface area contributed by atoms with Crippen molar-refractivity contribution < 1.29 is 19.1 Å². The molecule has 0 aliphatic rings. The lowest BCUT2D eigenvalue weighted by Crippen LogP contribution is -2.13. The Labute approximate surface area is 144 Å². The number of para-hydroxylation sites is 1. The molecule has 0 saturated heterocycles. The zero-order chi connectivity index (χ0) is 17.7. The van der Waals surface area contributed by atoms with Gasteiger partial charge in [0.15, 0.2) is 6.61 Å². The first-order valence-corrected chi connectivity index (χ1v) is 7.52. The quantitative estimate of drug-likeness (QED) is 0.456. The second-order valence-corrected chi connectivity index (χ2v) is 5.34. The van der Waals surface area contributed by atoms with Gasteiger partial charge in [-0.3, -0.25) is 9.48 Å². The van der Waals surface area contributed by atoms with Crippen LogP contribution in [0.2, 0.25) is 5.15 Å². The van der Waals surface area contributed by atoms with E-state index in [-0.39, 0.29) is 12.4 Å². The maximum Gasteiger partial charge on any atom is 0.331 e. The Kier molecular flexibility index (Phi) is 5.76. The van der Waals surface area contributed by atoms with Crippen molar-refractivity contribution in [2.45, 2.75) is 6.92 Å². The third kappa shape index (κ3) is 4.02. The second-order valence-electron chi connectivity index (χ2n) is 4.98. The van der Waals surface area contributed by atoms with Crippen LogP contribution < -0.4 is 4.74 Å². The van der Waals surface area contributed by atoms with Crippen LogP contribution in [0.1, 0.15) is 21.6 Å². The zero-order valence-corrected chi connectivity index (χ0v) is 14.3. The molecule has 24 heavy (non-hydrogen) atoms. The average molecular weight is 349 g/mol. The summed E-state index contributed by atoms with van der Waals surface area (Å²) in [7, 11) is 3.18. The SMILES string of the molecule is COc1ccccc1C(=O)COC(=O)/C=C/c1c(C)nn(C)c1Cl. The Morgan fingerprint density at radius 1 is 1.33 bits per heavy atom. The van der Waals surface area contributed by atoms with Crippen molar-refractivity contribution in [2.75, 3.05) is 13.7 Å². The molecular formula is C17H17ClN2O4. The number of hydrogen-bond acceptors (Lipinski definition) is 5. The molecule has 0 fully saturated rings. The summed E-state index contributed by atoms with van der Waals surface area (Å²) in [4.78, 5) is 23.9. The van der Waals surface area contributed by atoms with Crippen LogP contribution >= 0.6 is 11.6 Å². The van der Waals surface area contributed by atoms with Crippen LogP contribution in [-0.4, -0.2) is 35.2 Å². The summed E-state index contributed by atoms with van der Waals surface area (Å²) in [5.41, 5.74) is 1.69. The molecule has 0 radical (unpaired) electrons. The van der Waals surface area contributed by atoms with Crippen molar-refractivity contribution in [2.24, 2.45) is 7.05 Å². The maximum atomic E-state index is 12.1. The van der Waals surface area contributed by atoms with E-state index in [1.165, 1.54) is 23.9 Å². The number of methoxy groups -OCH3 is 1. The van der Waals surface area contributed by atoms with Gasteiger partial charge in [0.25, 0.3) is 0 Å². The maximum absolute atomic E-state index is 12.1. The number of rotatable bonds is 6. The van der Waals surface area contributed by atoms with Crippen LogP contribution in [0.25, 0.3) is 6.08 Å². The van der Waals surface area contributed by atoms with Gasteiger partial charge in [-0.15, -0.1) is 0 Å². The van der Waals surface area contributed by atoms with Crippen LogP contribution in [0.15, 0.2) is 30.3 Å². The van der Waals surface area contributed by atoms with Gasteiger partial charge in [0, 0.05) is 18.7 Å². The van der Waals surface area contributed by atoms with Gasteiger partial charge in [-0.1, -0.05) is 23.7 Å². The Bertz CT molecular complexity index is 796. The smallest absolute Gasteiger partial charge is 0.331 e. The molecule has 1 heterocycles. The fourth-order valence-corrected chi connectivity index (χ4v) is 2.36. The Morgan fingerprint density at radius 2 is 2.04 bits per heavy atom. The highest BCUT2D eigenvalue weighted by atomic mass is 35.5. The fourth-order valence-electron chi connectivity index (χ4n) is 2.12. The van der Waals surface area contributed by atoms with E-state index >= 15 is 0 Å². The monoisotopic (exact) mass is 348 g/mol. The number of halogens is 1. The van der Waals surface area contributed by atoms with E-state index in [1.54, 1.807) is 38.2 Å². The Morgan fingerprint density at radius 3 is 2.67 bits per heavy atom.